The van der Waals surface area contributed by atoms with Crippen molar-refractivity contribution in [2.75, 3.05) is 11.5 Å². The van der Waals surface area contributed by atoms with Crippen molar-refractivity contribution < 1.29 is 121 Å². The number of benzene rings is 2. The van der Waals surface area contributed by atoms with E-state index in [1.807, 2.05) is 0 Å². The normalized spacial score (nSPS) is 12.9. The molecule has 26 heteroatoms. The number of alkyl halides is 21. The first kappa shape index (κ1) is 48.8. The molecule has 0 aliphatic rings. The van der Waals surface area contributed by atoms with Crippen molar-refractivity contribution in [1.82, 2.24) is 0 Å². The van der Waals surface area contributed by atoms with Crippen molar-refractivity contribution >= 4 is 79.1 Å². The Balaban J connectivity index is 0. The third-order valence-corrected chi connectivity index (χ3v) is 4.74. The Morgan fingerprint density at radius 2 is 0.894 bits per heavy atom. The Kier molecular flexibility index (Phi) is 18.9. The van der Waals surface area contributed by atoms with E-state index in [4.69, 9.17) is 11.5 Å². The molecule has 47 heavy (non-hydrogen) atoms. The largest absolute Gasteiger partial charge is 0.497 e. The molecular weight excluding hydrogens is 1120 g/mol. The maximum Gasteiger partial charge on any atom is 0.435 e. The second kappa shape index (κ2) is 18.2. The number of nitrogen functional groups attached to an aromatic ring is 2. The summed E-state index contributed by atoms with van der Waals surface area (Å²) in [6.07, 6.45) is -25.5. The van der Waals surface area contributed by atoms with E-state index < -0.39 is 83.3 Å². The van der Waals surface area contributed by atoms with Gasteiger partial charge in [0.05, 0.1) is 5.69 Å². The Morgan fingerprint density at radius 1 is 0.574 bits per heavy atom. The fourth-order valence-corrected chi connectivity index (χ4v) is 2.80. The van der Waals surface area contributed by atoms with Gasteiger partial charge in [0.2, 0.25) is 0 Å². The summed E-state index contributed by atoms with van der Waals surface area (Å²) < 4.78 is 233. The Labute approximate surface area is 317 Å². The maximum absolute atomic E-state index is 13.7. The first-order valence-corrected chi connectivity index (χ1v) is 14.3. The molecule has 4 N–H and O–H groups in total. The van der Waals surface area contributed by atoms with Crippen LogP contribution in [0.4, 0.5) is 90.4 Å². The molecule has 0 atom stereocenters. The van der Waals surface area contributed by atoms with Crippen molar-refractivity contribution in [2.45, 2.75) is 49.2 Å². The van der Waals surface area contributed by atoms with Crippen LogP contribution in [0, 0.1) is 6.07 Å². The van der Waals surface area contributed by atoms with Crippen molar-refractivity contribution in [1.29, 1.82) is 0 Å². The SMILES string of the molecule is IC(I)I.Nc1[c-]cc(C(F)(C(F)(F)F)C(F)(F)F)cc1OC(F)F.Nc1ccc(C(F)(C(F)(F)F)C(F)(F)F)cc1OC(F)F.[Y]. The van der Waals surface area contributed by atoms with Gasteiger partial charge < -0.3 is 20.9 Å². The van der Waals surface area contributed by atoms with Crippen LogP contribution in [0.3, 0.4) is 0 Å². The summed E-state index contributed by atoms with van der Waals surface area (Å²) in [5, 5.41) is 0. The van der Waals surface area contributed by atoms with Gasteiger partial charge in [-0.1, -0.05) is 79.4 Å². The molecule has 0 aromatic heterocycles. The number of anilines is 2. The fraction of sp³-hybridized carbons (Fsp3) is 0.429. The third kappa shape index (κ3) is 13.1. The molecule has 2 aromatic rings. The summed E-state index contributed by atoms with van der Waals surface area (Å²) in [7, 11) is 0. The van der Waals surface area contributed by atoms with Crippen LogP contribution < -0.4 is 20.9 Å². The summed E-state index contributed by atoms with van der Waals surface area (Å²) in [5.41, 5.74) is -6.92. The van der Waals surface area contributed by atoms with Crippen LogP contribution in [-0.2, 0) is 44.0 Å². The van der Waals surface area contributed by atoms with Gasteiger partial charge in [0.15, 0.2) is 0 Å². The van der Waals surface area contributed by atoms with Gasteiger partial charge in [0.1, 0.15) is 5.69 Å². The molecule has 0 saturated carbocycles. The molecule has 0 aliphatic carbocycles. The molecule has 0 unspecified atom stereocenters. The van der Waals surface area contributed by atoms with Crippen molar-refractivity contribution in [3.05, 3.63) is 47.5 Å². The van der Waals surface area contributed by atoms with Crippen LogP contribution in [0.1, 0.15) is 11.1 Å². The standard InChI is InChI=1S/C10H6F9NO.C10H5F9NO.CHI3.Y/c2*11-7(12)21-6-3-4(1-2-5(6)20)8(13,9(14,15)16)10(17,18)19;2-1(3)4;/h1-3,7H,20H2;1,3,7H,20H2;1H;/q;-1;;. The van der Waals surface area contributed by atoms with Gasteiger partial charge in [0.25, 0.3) is 5.67 Å². The Hall–Kier alpha value is -0.326. The number of halogens is 21. The first-order chi connectivity index (χ1) is 20.3. The zero-order valence-electron chi connectivity index (χ0n) is 21.6. The zero-order valence-corrected chi connectivity index (χ0v) is 30.9. The van der Waals surface area contributed by atoms with Gasteiger partial charge in [-0.15, -0.1) is 6.07 Å². The van der Waals surface area contributed by atoms with Crippen LogP contribution in [0.5, 0.6) is 11.5 Å². The monoisotopic (exact) mass is 1140 g/mol. The predicted molar refractivity (Wildman–Crippen MR) is 149 cm³/mol. The minimum Gasteiger partial charge on any atom is -0.497 e. The molecule has 0 spiro atoms. The molecule has 4 nitrogen and oxygen atoms in total. The molecule has 0 saturated heterocycles. The van der Waals surface area contributed by atoms with Gasteiger partial charge in [-0.25, -0.2) is 8.78 Å². The van der Waals surface area contributed by atoms with Gasteiger partial charge in [0, 0.05) is 44.0 Å². The fourth-order valence-electron chi connectivity index (χ4n) is 2.80. The number of ether oxygens (including phenoxy) is 2. The summed E-state index contributed by atoms with van der Waals surface area (Å²) in [6.45, 7) is -7.14. The van der Waals surface area contributed by atoms with E-state index in [0.717, 1.165) is -0.0619 Å². The van der Waals surface area contributed by atoms with Crippen LogP contribution >= 0.6 is 67.8 Å². The first-order valence-electron chi connectivity index (χ1n) is 10.5. The van der Waals surface area contributed by atoms with Crippen LogP contribution in [0.25, 0.3) is 0 Å². The molecule has 2 aromatic carbocycles. The van der Waals surface area contributed by atoms with E-state index in [0.29, 0.717) is 6.07 Å². The number of nitrogens with two attached hydrogens (primary N) is 2. The minimum atomic E-state index is -6.38. The summed E-state index contributed by atoms with van der Waals surface area (Å²) in [6, 6.07) is 1.70. The van der Waals surface area contributed by atoms with Gasteiger partial charge in [-0.2, -0.15) is 82.4 Å². The summed E-state index contributed by atoms with van der Waals surface area (Å²) in [4.78, 5) is 0. The molecule has 0 fully saturated rings. The quantitative estimate of drug-likeness (QED) is 0.0994. The predicted octanol–water partition coefficient (Wildman–Crippen LogP) is 10.7. The number of rotatable bonds is 6. The van der Waals surface area contributed by atoms with Crippen molar-refractivity contribution in [2.24, 2.45) is 0 Å². The molecule has 0 bridgehead atoms. The topological polar surface area (TPSA) is 70.5 Å². The molecule has 0 amide bonds. The summed E-state index contributed by atoms with van der Waals surface area (Å²) in [5.74, 6) is -2.45. The van der Waals surface area contributed by atoms with E-state index in [1.165, 1.54) is 0 Å². The van der Waals surface area contributed by atoms with Crippen molar-refractivity contribution in [3.63, 3.8) is 0 Å². The van der Waals surface area contributed by atoms with Crippen molar-refractivity contribution in [3.8, 4) is 11.5 Å². The smallest absolute Gasteiger partial charge is 0.435 e. The molecule has 1 radical (unpaired) electrons. The van der Waals surface area contributed by atoms with Gasteiger partial charge in [-0.3, -0.25) is 0 Å². The molecule has 0 aliphatic heterocycles. The maximum atomic E-state index is 13.7. The Bertz CT molecular complexity index is 1150. The van der Waals surface area contributed by atoms with Crippen LogP contribution in [-0.4, -0.2) is 37.9 Å². The molecular formula is C21H12F18I3N2O2Y-. The average molecular weight is 1140 g/mol. The van der Waals surface area contributed by atoms with Crippen LogP contribution in [0.2, 0.25) is 0 Å². The zero-order chi connectivity index (χ0) is 36.9. The number of hydrogen-bond acceptors (Lipinski definition) is 4. The minimum absolute atomic E-state index is 0. The average Bonchev–Trinajstić information content (AvgIpc) is 2.82. The van der Waals surface area contributed by atoms with Crippen LogP contribution in [0.15, 0.2) is 30.3 Å². The third-order valence-electron chi connectivity index (χ3n) is 4.74. The Morgan fingerprint density at radius 3 is 1.23 bits per heavy atom. The molecule has 2 rings (SSSR count). The van der Waals surface area contributed by atoms with E-state index in [2.05, 4.69) is 77.2 Å². The van der Waals surface area contributed by atoms with E-state index in [9.17, 15) is 79.0 Å². The van der Waals surface area contributed by atoms with E-state index in [-0.39, 0.29) is 57.0 Å². The van der Waals surface area contributed by atoms with Gasteiger partial charge >= 0.3 is 43.6 Å². The number of hydrogen-bond donors (Lipinski definition) is 2. The summed E-state index contributed by atoms with van der Waals surface area (Å²) >= 11 is 6.95. The molecule has 0 heterocycles. The second-order valence-electron chi connectivity index (χ2n) is 7.73. The second-order valence-corrected chi connectivity index (χ2v) is 18.6. The van der Waals surface area contributed by atoms with E-state index >= 15 is 0 Å². The molecule has 269 valence electrons. The van der Waals surface area contributed by atoms with Gasteiger partial charge in [-0.05, 0) is 17.8 Å². The van der Waals surface area contributed by atoms with E-state index in [1.54, 1.807) is 6.07 Å².